The zero-order chi connectivity index (χ0) is 32.6. The van der Waals surface area contributed by atoms with Gasteiger partial charge in [0.1, 0.15) is 5.70 Å². The predicted octanol–water partition coefficient (Wildman–Crippen LogP) is 9.30. The van der Waals surface area contributed by atoms with E-state index in [1.54, 1.807) is 110 Å². The summed E-state index contributed by atoms with van der Waals surface area (Å²) in [6.07, 6.45) is 1.56. The fourth-order valence-corrected chi connectivity index (χ4v) is 6.42. The highest BCUT2D eigenvalue weighted by molar-refractivity contribution is 8.00. The smallest absolute Gasteiger partial charge is 0.272 e. The average Bonchev–Trinajstić information content (AvgIpc) is 3.50. The summed E-state index contributed by atoms with van der Waals surface area (Å²) >= 11 is 21.1. The van der Waals surface area contributed by atoms with Crippen LogP contribution in [0.2, 0.25) is 15.1 Å². The first-order valence-corrected chi connectivity index (χ1v) is 16.7. The number of carbonyl (C=O) groups is 3. The number of nitrogens with one attached hydrogen (secondary N) is 3. The van der Waals surface area contributed by atoms with E-state index in [4.69, 9.17) is 34.8 Å². The molecule has 4 aromatic carbocycles. The van der Waals surface area contributed by atoms with Gasteiger partial charge in [0.2, 0.25) is 5.91 Å². The van der Waals surface area contributed by atoms with Crippen molar-refractivity contribution in [2.24, 2.45) is 0 Å². The number of nitrogens with zero attached hydrogens (tertiary/aromatic N) is 1. The first kappa shape index (κ1) is 33.2. The number of aromatic nitrogens is 1. The van der Waals surface area contributed by atoms with Crippen molar-refractivity contribution in [1.29, 1.82) is 0 Å². The number of carbonyl (C=O) groups excluding carboxylic acids is 3. The van der Waals surface area contributed by atoms with Crippen molar-refractivity contribution in [2.75, 3.05) is 10.6 Å². The molecule has 0 bridgehead atoms. The summed E-state index contributed by atoms with van der Waals surface area (Å²) in [5.74, 6) is -1.15. The Kier molecular flexibility index (Phi) is 11.2. The van der Waals surface area contributed by atoms with Crippen molar-refractivity contribution in [2.45, 2.75) is 17.1 Å². The second-order valence-electron chi connectivity index (χ2n) is 9.82. The second kappa shape index (κ2) is 15.4. The molecule has 46 heavy (non-hydrogen) atoms. The van der Waals surface area contributed by atoms with Gasteiger partial charge in [0, 0.05) is 37.1 Å². The summed E-state index contributed by atoms with van der Waals surface area (Å²) in [7, 11) is 0. The topological polar surface area (TPSA) is 100 Å². The molecule has 0 aliphatic heterocycles. The van der Waals surface area contributed by atoms with E-state index in [1.807, 2.05) is 5.38 Å². The highest BCUT2D eigenvalue weighted by Crippen LogP contribution is 2.33. The molecule has 3 amide bonds. The number of halogens is 3. The molecule has 5 rings (SSSR count). The zero-order valence-electron chi connectivity index (χ0n) is 24.1. The number of hydrogen-bond acceptors (Lipinski definition) is 6. The minimum absolute atomic E-state index is 0.0449. The zero-order valence-corrected chi connectivity index (χ0v) is 28.0. The minimum Gasteiger partial charge on any atom is -0.321 e. The van der Waals surface area contributed by atoms with E-state index in [2.05, 4.69) is 20.9 Å². The lowest BCUT2D eigenvalue weighted by Crippen LogP contribution is -2.30. The van der Waals surface area contributed by atoms with Crippen LogP contribution in [0, 0.1) is 0 Å². The highest BCUT2D eigenvalue weighted by atomic mass is 35.5. The van der Waals surface area contributed by atoms with Crippen LogP contribution in [0.1, 0.15) is 22.8 Å². The SMILES string of the molecule is CC(Sc1ccc(NC(=O)/C(=C/c2cccc(Cl)c2)NC(=O)c2ccccc2)cc1)C(=O)Nc1nc(-c2ccc(Cl)cc2Cl)cs1. The van der Waals surface area contributed by atoms with Gasteiger partial charge in [-0.05, 0) is 85.3 Å². The van der Waals surface area contributed by atoms with E-state index in [-0.39, 0.29) is 11.6 Å². The summed E-state index contributed by atoms with van der Waals surface area (Å²) in [6.45, 7) is 1.79. The molecule has 3 N–H and O–H groups in total. The van der Waals surface area contributed by atoms with Gasteiger partial charge in [0.05, 0.1) is 16.0 Å². The maximum Gasteiger partial charge on any atom is 0.272 e. The molecule has 0 saturated heterocycles. The molecular weight excluding hydrogens is 683 g/mol. The van der Waals surface area contributed by atoms with Gasteiger partial charge >= 0.3 is 0 Å². The van der Waals surface area contributed by atoms with Crippen molar-refractivity contribution in [1.82, 2.24) is 10.3 Å². The van der Waals surface area contributed by atoms with Crippen molar-refractivity contribution >= 4 is 92.5 Å². The van der Waals surface area contributed by atoms with Crippen LogP contribution in [-0.2, 0) is 9.59 Å². The van der Waals surface area contributed by atoms with Crippen molar-refractivity contribution < 1.29 is 14.4 Å². The molecule has 1 atom stereocenters. The van der Waals surface area contributed by atoms with Crippen LogP contribution in [0.3, 0.4) is 0 Å². The first-order chi connectivity index (χ1) is 22.1. The normalized spacial score (nSPS) is 11.9. The molecule has 1 heterocycles. The number of thiazole rings is 1. The van der Waals surface area contributed by atoms with Crippen LogP contribution in [0.25, 0.3) is 17.3 Å². The molecule has 0 radical (unpaired) electrons. The van der Waals surface area contributed by atoms with E-state index in [1.165, 1.54) is 23.1 Å². The molecular formula is C34H25Cl3N4O3S2. The monoisotopic (exact) mass is 706 g/mol. The number of rotatable bonds is 10. The molecule has 232 valence electrons. The maximum absolute atomic E-state index is 13.3. The Balaban J connectivity index is 1.21. The van der Waals surface area contributed by atoms with Crippen LogP contribution in [-0.4, -0.2) is 28.0 Å². The first-order valence-electron chi connectivity index (χ1n) is 13.8. The van der Waals surface area contributed by atoms with Crippen LogP contribution in [0.4, 0.5) is 10.8 Å². The molecule has 0 saturated carbocycles. The molecule has 5 aromatic rings. The van der Waals surface area contributed by atoms with Gasteiger partial charge in [-0.25, -0.2) is 4.98 Å². The van der Waals surface area contributed by atoms with Gasteiger partial charge in [0.15, 0.2) is 5.13 Å². The largest absolute Gasteiger partial charge is 0.321 e. The fourth-order valence-electron chi connectivity index (χ4n) is 4.14. The summed E-state index contributed by atoms with van der Waals surface area (Å²) in [5, 5.41) is 11.7. The van der Waals surface area contributed by atoms with Crippen LogP contribution in [0.5, 0.6) is 0 Å². The number of hydrogen-bond donors (Lipinski definition) is 3. The van der Waals surface area contributed by atoms with E-state index in [0.29, 0.717) is 42.7 Å². The Morgan fingerprint density at radius 1 is 0.848 bits per heavy atom. The molecule has 1 unspecified atom stereocenters. The molecule has 1 aromatic heterocycles. The third-order valence-electron chi connectivity index (χ3n) is 6.42. The standard InChI is InChI=1S/C34H25Cl3N4O3S2/c1-20(31(42)41-34-40-30(19-45-34)27-15-10-24(36)18-28(27)37)46-26-13-11-25(12-14-26)38-33(44)29(17-21-6-5-9-23(35)16-21)39-32(43)22-7-3-2-4-8-22/h2-20H,1H3,(H,38,44)(H,39,43)(H,40,41,42)/b29-17-. The minimum atomic E-state index is -0.514. The summed E-state index contributed by atoms with van der Waals surface area (Å²) in [5.41, 5.74) is 2.98. The predicted molar refractivity (Wildman–Crippen MR) is 190 cm³/mol. The third kappa shape index (κ3) is 8.99. The average molecular weight is 708 g/mol. The molecule has 0 fully saturated rings. The third-order valence-corrected chi connectivity index (χ3v) is 9.08. The van der Waals surface area contributed by atoms with Gasteiger partial charge in [-0.15, -0.1) is 23.1 Å². The molecule has 0 spiro atoms. The molecule has 12 heteroatoms. The van der Waals surface area contributed by atoms with E-state index in [0.717, 1.165) is 10.5 Å². The Bertz CT molecular complexity index is 1910. The Morgan fingerprint density at radius 2 is 1.59 bits per heavy atom. The summed E-state index contributed by atoms with van der Waals surface area (Å²) in [4.78, 5) is 44.4. The second-order valence-corrected chi connectivity index (χ2v) is 13.4. The van der Waals surface area contributed by atoms with Crippen LogP contribution in [0.15, 0.2) is 113 Å². The van der Waals surface area contributed by atoms with Gasteiger partial charge in [-0.3, -0.25) is 14.4 Å². The number of benzene rings is 4. The van der Waals surface area contributed by atoms with Gasteiger partial charge in [-0.2, -0.15) is 0 Å². The Hall–Kier alpha value is -4.12. The number of thioether (sulfide) groups is 1. The number of amides is 3. The quantitative estimate of drug-likeness (QED) is 0.0993. The maximum atomic E-state index is 13.3. The van der Waals surface area contributed by atoms with Crippen molar-refractivity contribution in [3.05, 3.63) is 134 Å². The van der Waals surface area contributed by atoms with Crippen molar-refractivity contribution in [3.8, 4) is 11.3 Å². The van der Waals surface area contributed by atoms with E-state index < -0.39 is 17.1 Å². The summed E-state index contributed by atoms with van der Waals surface area (Å²) in [6, 6.07) is 27.8. The van der Waals surface area contributed by atoms with Gasteiger partial charge in [-0.1, -0.05) is 65.1 Å². The molecule has 0 aliphatic carbocycles. The number of anilines is 2. The fraction of sp³-hybridized carbons (Fsp3) is 0.0588. The summed E-state index contributed by atoms with van der Waals surface area (Å²) < 4.78 is 0. The lowest BCUT2D eigenvalue weighted by atomic mass is 10.1. The van der Waals surface area contributed by atoms with Crippen LogP contribution < -0.4 is 16.0 Å². The lowest BCUT2D eigenvalue weighted by Gasteiger charge is -2.13. The van der Waals surface area contributed by atoms with Crippen molar-refractivity contribution in [3.63, 3.8) is 0 Å². The Morgan fingerprint density at radius 3 is 2.30 bits per heavy atom. The van der Waals surface area contributed by atoms with Crippen LogP contribution >= 0.6 is 57.9 Å². The Labute approximate surface area is 289 Å². The lowest BCUT2D eigenvalue weighted by molar-refractivity contribution is -0.115. The van der Waals surface area contributed by atoms with Gasteiger partial charge < -0.3 is 16.0 Å². The van der Waals surface area contributed by atoms with E-state index >= 15 is 0 Å². The molecule has 7 nitrogen and oxygen atoms in total. The molecule has 0 aliphatic rings. The highest BCUT2D eigenvalue weighted by Gasteiger charge is 2.18. The van der Waals surface area contributed by atoms with Gasteiger partial charge in [0.25, 0.3) is 11.8 Å². The van der Waals surface area contributed by atoms with E-state index in [9.17, 15) is 14.4 Å².